The molecule has 0 unspecified atom stereocenters. The Morgan fingerprint density at radius 2 is 1.77 bits per heavy atom. The van der Waals surface area contributed by atoms with Crippen LogP contribution in [0.15, 0.2) is 59.6 Å². The number of aromatic nitrogens is 1. The lowest BCUT2D eigenvalue weighted by atomic mass is 10.1. The molecule has 3 rings (SSSR count). The van der Waals surface area contributed by atoms with E-state index in [4.69, 9.17) is 0 Å². The minimum absolute atomic E-state index is 0.207. The molecular formula is C16H15FN2O2S. The number of nitrogens with one attached hydrogen (secondary N) is 2. The Kier molecular flexibility index (Phi) is 3.96. The number of benzene rings is 2. The zero-order valence-corrected chi connectivity index (χ0v) is 12.5. The monoisotopic (exact) mass is 318 g/mol. The number of sulfonamides is 1. The summed E-state index contributed by atoms with van der Waals surface area (Å²) in [4.78, 5) is 2.81. The lowest BCUT2D eigenvalue weighted by Gasteiger charge is -2.07. The van der Waals surface area contributed by atoms with Crippen molar-refractivity contribution in [1.82, 2.24) is 9.71 Å². The van der Waals surface area contributed by atoms with Crippen molar-refractivity contribution in [3.63, 3.8) is 0 Å². The van der Waals surface area contributed by atoms with Gasteiger partial charge in [0.25, 0.3) is 0 Å². The molecule has 2 N–H and O–H groups in total. The van der Waals surface area contributed by atoms with Crippen molar-refractivity contribution in [2.75, 3.05) is 6.54 Å². The van der Waals surface area contributed by atoms with Crippen LogP contribution in [-0.4, -0.2) is 19.9 Å². The number of H-pyrrole nitrogens is 1. The molecule has 6 heteroatoms. The minimum Gasteiger partial charge on any atom is -0.361 e. The number of hydrogen-bond donors (Lipinski definition) is 2. The number of halogens is 1. The first-order valence-electron chi connectivity index (χ1n) is 6.87. The number of fused-ring (bicyclic) bond motifs is 1. The first-order chi connectivity index (χ1) is 10.6. The van der Waals surface area contributed by atoms with Crippen molar-refractivity contribution in [2.24, 2.45) is 0 Å². The minimum atomic E-state index is -3.83. The Morgan fingerprint density at radius 1 is 1.05 bits per heavy atom. The normalized spacial score (nSPS) is 11.9. The van der Waals surface area contributed by atoms with Crippen molar-refractivity contribution < 1.29 is 12.8 Å². The summed E-state index contributed by atoms with van der Waals surface area (Å²) in [6.45, 7) is 0.207. The Hall–Kier alpha value is -2.18. The van der Waals surface area contributed by atoms with Gasteiger partial charge in [0, 0.05) is 23.6 Å². The molecule has 0 atom stereocenters. The first kappa shape index (κ1) is 14.7. The molecule has 0 saturated carbocycles. The van der Waals surface area contributed by atoms with Crippen molar-refractivity contribution in [3.8, 4) is 0 Å². The van der Waals surface area contributed by atoms with E-state index >= 15 is 0 Å². The van der Waals surface area contributed by atoms with E-state index in [1.165, 1.54) is 18.2 Å². The van der Waals surface area contributed by atoms with Gasteiger partial charge in [-0.1, -0.05) is 30.3 Å². The third-order valence-electron chi connectivity index (χ3n) is 3.49. The Balaban J connectivity index is 1.72. The van der Waals surface area contributed by atoms with Gasteiger partial charge in [-0.15, -0.1) is 0 Å². The zero-order chi connectivity index (χ0) is 15.6. The van der Waals surface area contributed by atoms with E-state index < -0.39 is 15.8 Å². The lowest BCUT2D eigenvalue weighted by molar-refractivity contribution is 0.557. The van der Waals surface area contributed by atoms with Crippen LogP contribution >= 0.6 is 0 Å². The summed E-state index contributed by atoms with van der Waals surface area (Å²) in [5, 5.41) is 1.06. The standard InChI is InChI=1S/C16H15FN2O2S/c17-14-6-2-4-8-16(14)22(20,21)19-10-9-12-11-18-15-7-3-1-5-13(12)15/h1-8,11,18-19H,9-10H2. The van der Waals surface area contributed by atoms with Gasteiger partial charge in [0.15, 0.2) is 0 Å². The van der Waals surface area contributed by atoms with Crippen LogP contribution in [0.5, 0.6) is 0 Å². The lowest BCUT2D eigenvalue weighted by Crippen LogP contribution is -2.26. The van der Waals surface area contributed by atoms with Crippen molar-refractivity contribution in [1.29, 1.82) is 0 Å². The van der Waals surface area contributed by atoms with E-state index in [1.807, 2.05) is 30.5 Å². The van der Waals surface area contributed by atoms with Gasteiger partial charge in [-0.3, -0.25) is 0 Å². The summed E-state index contributed by atoms with van der Waals surface area (Å²) >= 11 is 0. The van der Waals surface area contributed by atoms with Crippen LogP contribution in [0.1, 0.15) is 5.56 Å². The maximum Gasteiger partial charge on any atom is 0.243 e. The fourth-order valence-corrected chi connectivity index (χ4v) is 3.51. The third kappa shape index (κ3) is 2.88. The fourth-order valence-electron chi connectivity index (χ4n) is 2.40. The average Bonchev–Trinajstić information content (AvgIpc) is 2.91. The van der Waals surface area contributed by atoms with Gasteiger partial charge in [-0.05, 0) is 30.2 Å². The van der Waals surface area contributed by atoms with Crippen LogP contribution in [0.25, 0.3) is 10.9 Å². The summed E-state index contributed by atoms with van der Waals surface area (Å²) in [5.41, 5.74) is 2.03. The topological polar surface area (TPSA) is 62.0 Å². The quantitative estimate of drug-likeness (QED) is 0.760. The van der Waals surface area contributed by atoms with Crippen molar-refractivity contribution in [2.45, 2.75) is 11.3 Å². The number of aromatic amines is 1. The van der Waals surface area contributed by atoms with E-state index in [0.717, 1.165) is 22.5 Å². The van der Waals surface area contributed by atoms with Crippen molar-refractivity contribution >= 4 is 20.9 Å². The zero-order valence-electron chi connectivity index (χ0n) is 11.7. The molecule has 0 bridgehead atoms. The van der Waals surface area contributed by atoms with Crippen LogP contribution in [0.2, 0.25) is 0 Å². The van der Waals surface area contributed by atoms with E-state index in [9.17, 15) is 12.8 Å². The Labute approximate surface area is 128 Å². The number of para-hydroxylation sites is 1. The average molecular weight is 318 g/mol. The summed E-state index contributed by atoms with van der Waals surface area (Å²) in [6.07, 6.45) is 2.39. The number of rotatable bonds is 5. The molecule has 22 heavy (non-hydrogen) atoms. The van der Waals surface area contributed by atoms with Crippen LogP contribution < -0.4 is 4.72 Å². The van der Waals surface area contributed by atoms with Gasteiger partial charge in [-0.25, -0.2) is 17.5 Å². The molecule has 0 aliphatic carbocycles. The highest BCUT2D eigenvalue weighted by atomic mass is 32.2. The van der Waals surface area contributed by atoms with Gasteiger partial charge < -0.3 is 4.98 Å². The summed E-state index contributed by atoms with van der Waals surface area (Å²) in [7, 11) is -3.83. The summed E-state index contributed by atoms with van der Waals surface area (Å²) in [5.74, 6) is -0.748. The second kappa shape index (κ2) is 5.90. The predicted octanol–water partition coefficient (Wildman–Crippen LogP) is 2.83. The molecular weight excluding hydrogens is 303 g/mol. The van der Waals surface area contributed by atoms with Gasteiger partial charge in [0.1, 0.15) is 10.7 Å². The third-order valence-corrected chi connectivity index (χ3v) is 4.98. The van der Waals surface area contributed by atoms with Gasteiger partial charge in [-0.2, -0.15) is 0 Å². The summed E-state index contributed by atoms with van der Waals surface area (Å²) in [6, 6.07) is 13.1. The number of hydrogen-bond acceptors (Lipinski definition) is 2. The van der Waals surface area contributed by atoms with Crippen molar-refractivity contribution in [3.05, 3.63) is 66.1 Å². The smallest absolute Gasteiger partial charge is 0.243 e. The van der Waals surface area contributed by atoms with E-state index in [1.54, 1.807) is 0 Å². The molecule has 0 saturated heterocycles. The molecule has 0 amide bonds. The molecule has 114 valence electrons. The highest BCUT2D eigenvalue weighted by Gasteiger charge is 2.17. The van der Waals surface area contributed by atoms with Gasteiger partial charge in [0.05, 0.1) is 0 Å². The van der Waals surface area contributed by atoms with E-state index in [2.05, 4.69) is 9.71 Å². The molecule has 3 aromatic rings. The molecule has 0 aliphatic heterocycles. The van der Waals surface area contributed by atoms with Gasteiger partial charge >= 0.3 is 0 Å². The maximum atomic E-state index is 13.6. The van der Waals surface area contributed by atoms with Crippen LogP contribution in [0.4, 0.5) is 4.39 Å². The molecule has 0 aliphatic rings. The van der Waals surface area contributed by atoms with E-state index in [0.29, 0.717) is 6.42 Å². The molecule has 1 heterocycles. The molecule has 0 fully saturated rings. The maximum absolute atomic E-state index is 13.6. The Morgan fingerprint density at radius 3 is 2.59 bits per heavy atom. The molecule has 1 aromatic heterocycles. The van der Waals surface area contributed by atoms with Crippen LogP contribution in [0.3, 0.4) is 0 Å². The second-order valence-corrected chi connectivity index (χ2v) is 6.67. The molecule has 0 radical (unpaired) electrons. The highest BCUT2D eigenvalue weighted by Crippen LogP contribution is 2.18. The summed E-state index contributed by atoms with van der Waals surface area (Å²) < 4.78 is 40.2. The molecule has 4 nitrogen and oxygen atoms in total. The van der Waals surface area contributed by atoms with Crippen LogP contribution in [0, 0.1) is 5.82 Å². The Bertz CT molecular complexity index is 903. The predicted molar refractivity (Wildman–Crippen MR) is 83.6 cm³/mol. The van der Waals surface area contributed by atoms with E-state index in [-0.39, 0.29) is 11.4 Å². The van der Waals surface area contributed by atoms with Gasteiger partial charge in [0.2, 0.25) is 10.0 Å². The molecule has 2 aromatic carbocycles. The van der Waals surface area contributed by atoms with Crippen LogP contribution in [-0.2, 0) is 16.4 Å². The first-order valence-corrected chi connectivity index (χ1v) is 8.35. The second-order valence-electron chi connectivity index (χ2n) is 4.94. The largest absolute Gasteiger partial charge is 0.361 e. The SMILES string of the molecule is O=S(=O)(NCCc1c[nH]c2ccccc12)c1ccccc1F. The highest BCUT2D eigenvalue weighted by molar-refractivity contribution is 7.89. The molecule has 0 spiro atoms. The fraction of sp³-hybridized carbons (Fsp3) is 0.125.